The van der Waals surface area contributed by atoms with Crippen molar-refractivity contribution in [3.8, 4) is 0 Å². The molecule has 6 heteroatoms. The van der Waals surface area contributed by atoms with Crippen molar-refractivity contribution in [1.29, 1.82) is 0 Å². The monoisotopic (exact) mass is 469 g/mol. The molecule has 3 aromatic carbocycles. The Labute approximate surface area is 206 Å². The molecule has 3 N–H and O–H groups in total. The maximum Gasteiger partial charge on any atom is 0.412 e. The average Bonchev–Trinajstić information content (AvgIpc) is 2.78. The van der Waals surface area contributed by atoms with Gasteiger partial charge in [-0.05, 0) is 75.2 Å². The number of hydrogen-bond donors (Lipinski definition) is 3. The number of hydrogen-bond acceptors (Lipinski definition) is 4. The quantitative estimate of drug-likeness (QED) is 0.315. The predicted octanol–water partition coefficient (Wildman–Crippen LogP) is 7.40. The highest BCUT2D eigenvalue weighted by Gasteiger charge is 2.18. The Bertz CT molecular complexity index is 1220. The molecular weight excluding hydrogens is 438 g/mol. The van der Waals surface area contributed by atoms with Gasteiger partial charge in [0.05, 0.1) is 11.4 Å². The molecule has 180 valence electrons. The van der Waals surface area contributed by atoms with E-state index in [0.717, 1.165) is 22.5 Å². The minimum atomic E-state index is -0.647. The molecule has 0 aliphatic heterocycles. The Hall–Kier alpha value is -4.32. The molecule has 0 fully saturated rings. The first-order chi connectivity index (χ1) is 16.6. The number of amides is 2. The van der Waals surface area contributed by atoms with Gasteiger partial charge >= 0.3 is 6.09 Å². The molecule has 3 rings (SSSR count). The van der Waals surface area contributed by atoms with Gasteiger partial charge in [-0.25, -0.2) is 4.79 Å². The average molecular weight is 470 g/mol. The number of benzene rings is 3. The normalized spacial score (nSPS) is 11.1. The summed E-state index contributed by atoms with van der Waals surface area (Å²) >= 11 is 0. The molecular formula is C29H31N3O3. The third kappa shape index (κ3) is 8.19. The van der Waals surface area contributed by atoms with Gasteiger partial charge in [0.1, 0.15) is 5.60 Å². The highest BCUT2D eigenvalue weighted by Crippen LogP contribution is 2.26. The Kier molecular flexibility index (Phi) is 8.10. The molecule has 0 aliphatic carbocycles. The summed E-state index contributed by atoms with van der Waals surface area (Å²) in [6, 6.07) is 22.4. The van der Waals surface area contributed by atoms with Crippen molar-refractivity contribution in [2.75, 3.05) is 16.0 Å². The van der Waals surface area contributed by atoms with Crippen LogP contribution in [0.25, 0.3) is 12.2 Å². The van der Waals surface area contributed by atoms with Gasteiger partial charge in [-0.2, -0.15) is 0 Å². The number of allylic oxidation sites excluding steroid dienone is 1. The van der Waals surface area contributed by atoms with Gasteiger partial charge in [-0.1, -0.05) is 55.1 Å². The molecule has 6 nitrogen and oxygen atoms in total. The lowest BCUT2D eigenvalue weighted by Gasteiger charge is -2.20. The molecule has 3 aromatic rings. The summed E-state index contributed by atoms with van der Waals surface area (Å²) in [6.07, 6.45) is 3.33. The first kappa shape index (κ1) is 25.3. The van der Waals surface area contributed by atoms with Crippen LogP contribution in [0.3, 0.4) is 0 Å². The molecule has 0 aromatic heterocycles. The fourth-order valence-electron chi connectivity index (χ4n) is 3.19. The van der Waals surface area contributed by atoms with E-state index in [1.165, 1.54) is 0 Å². The van der Waals surface area contributed by atoms with Gasteiger partial charge in [0.25, 0.3) is 5.91 Å². The van der Waals surface area contributed by atoms with Crippen LogP contribution in [-0.4, -0.2) is 17.6 Å². The highest BCUT2D eigenvalue weighted by atomic mass is 16.6. The number of nitrogens with one attached hydrogen (secondary N) is 3. The smallest absolute Gasteiger partial charge is 0.412 e. The van der Waals surface area contributed by atoms with E-state index in [0.29, 0.717) is 16.9 Å². The number of carbonyl (C=O) groups excluding carboxylic acids is 2. The standard InChI is InChI=1S/C29H31N3O3/c1-20(2)30-24-16-14-23(15-17-24)27(33)31-26-19-22(12-11-21-9-7-6-8-10-21)13-18-25(26)32-28(34)35-29(3,4)5/h6-19,30H,1H2,2-5H3,(H,31,33)(H,32,34)/b12-11+. The van der Waals surface area contributed by atoms with E-state index in [-0.39, 0.29) is 5.91 Å². The van der Waals surface area contributed by atoms with E-state index in [1.54, 1.807) is 45.0 Å². The maximum absolute atomic E-state index is 13.0. The Morgan fingerprint density at radius 2 is 1.46 bits per heavy atom. The molecule has 0 bridgehead atoms. The molecule has 0 saturated heterocycles. The van der Waals surface area contributed by atoms with E-state index in [2.05, 4.69) is 22.5 Å². The number of rotatable bonds is 7. The zero-order chi connectivity index (χ0) is 25.4. The topological polar surface area (TPSA) is 79.5 Å². The molecule has 0 unspecified atom stereocenters. The van der Waals surface area contributed by atoms with Crippen molar-refractivity contribution in [1.82, 2.24) is 0 Å². The van der Waals surface area contributed by atoms with E-state index < -0.39 is 11.7 Å². The van der Waals surface area contributed by atoms with E-state index in [1.807, 2.05) is 67.6 Å². The van der Waals surface area contributed by atoms with E-state index >= 15 is 0 Å². The van der Waals surface area contributed by atoms with Crippen LogP contribution >= 0.6 is 0 Å². The van der Waals surface area contributed by atoms with Gasteiger partial charge in [0, 0.05) is 16.9 Å². The Balaban J connectivity index is 1.85. The lowest BCUT2D eigenvalue weighted by molar-refractivity contribution is 0.0635. The summed E-state index contributed by atoms with van der Waals surface area (Å²) in [4.78, 5) is 25.4. The van der Waals surface area contributed by atoms with Crippen LogP contribution in [0.4, 0.5) is 21.9 Å². The minimum Gasteiger partial charge on any atom is -0.444 e. The highest BCUT2D eigenvalue weighted by molar-refractivity contribution is 6.07. The van der Waals surface area contributed by atoms with Gasteiger partial charge in [-0.15, -0.1) is 0 Å². The van der Waals surface area contributed by atoms with Crippen molar-refractivity contribution in [3.63, 3.8) is 0 Å². The molecule has 2 amide bonds. The van der Waals surface area contributed by atoms with Gasteiger partial charge in [0.15, 0.2) is 0 Å². The second kappa shape index (κ2) is 11.2. The lowest BCUT2D eigenvalue weighted by atomic mass is 10.1. The fourth-order valence-corrected chi connectivity index (χ4v) is 3.19. The van der Waals surface area contributed by atoms with E-state index in [4.69, 9.17) is 4.74 Å². The van der Waals surface area contributed by atoms with Crippen molar-refractivity contribution in [2.45, 2.75) is 33.3 Å². The van der Waals surface area contributed by atoms with Crippen molar-refractivity contribution in [2.24, 2.45) is 0 Å². The second-order valence-electron chi connectivity index (χ2n) is 9.11. The molecule has 0 heterocycles. The molecule has 0 atom stereocenters. The van der Waals surface area contributed by atoms with Crippen LogP contribution in [0, 0.1) is 0 Å². The molecule has 0 aliphatic rings. The lowest BCUT2D eigenvalue weighted by Crippen LogP contribution is -2.27. The zero-order valence-electron chi connectivity index (χ0n) is 20.5. The van der Waals surface area contributed by atoms with Crippen LogP contribution in [0.15, 0.2) is 85.1 Å². The molecule has 0 saturated carbocycles. The fraction of sp³-hybridized carbons (Fsp3) is 0.172. The molecule has 35 heavy (non-hydrogen) atoms. The number of carbonyl (C=O) groups is 2. The van der Waals surface area contributed by atoms with Crippen LogP contribution < -0.4 is 16.0 Å². The third-order valence-corrected chi connectivity index (χ3v) is 4.70. The summed E-state index contributed by atoms with van der Waals surface area (Å²) in [5, 5.41) is 8.76. The summed E-state index contributed by atoms with van der Waals surface area (Å²) in [5.74, 6) is -0.302. The van der Waals surface area contributed by atoms with Crippen molar-refractivity contribution >= 4 is 41.2 Å². The number of anilines is 3. The maximum atomic E-state index is 13.0. The van der Waals surface area contributed by atoms with Crippen LogP contribution in [0.1, 0.15) is 49.2 Å². The third-order valence-electron chi connectivity index (χ3n) is 4.70. The van der Waals surface area contributed by atoms with Crippen LogP contribution in [-0.2, 0) is 4.74 Å². The second-order valence-corrected chi connectivity index (χ2v) is 9.11. The summed E-state index contributed by atoms with van der Waals surface area (Å²) in [6.45, 7) is 11.1. The van der Waals surface area contributed by atoms with Crippen molar-refractivity contribution in [3.05, 3.63) is 102 Å². The Morgan fingerprint density at radius 3 is 2.09 bits per heavy atom. The van der Waals surface area contributed by atoms with Gasteiger partial charge < -0.3 is 15.4 Å². The minimum absolute atomic E-state index is 0.302. The first-order valence-corrected chi connectivity index (χ1v) is 11.3. The summed E-state index contributed by atoms with van der Waals surface area (Å²) in [5.41, 5.74) is 4.29. The predicted molar refractivity (Wildman–Crippen MR) is 145 cm³/mol. The molecule has 0 radical (unpaired) electrons. The summed E-state index contributed by atoms with van der Waals surface area (Å²) in [7, 11) is 0. The van der Waals surface area contributed by atoms with Crippen LogP contribution in [0.5, 0.6) is 0 Å². The summed E-state index contributed by atoms with van der Waals surface area (Å²) < 4.78 is 5.38. The van der Waals surface area contributed by atoms with Crippen molar-refractivity contribution < 1.29 is 14.3 Å². The van der Waals surface area contributed by atoms with E-state index in [9.17, 15) is 9.59 Å². The Morgan fingerprint density at radius 1 is 0.800 bits per heavy atom. The molecule has 0 spiro atoms. The van der Waals surface area contributed by atoms with Gasteiger partial charge in [-0.3, -0.25) is 10.1 Å². The SMILES string of the molecule is C=C(C)Nc1ccc(C(=O)Nc2cc(/C=C/c3ccccc3)ccc2NC(=O)OC(C)(C)C)cc1. The van der Waals surface area contributed by atoms with Gasteiger partial charge in [0.2, 0.25) is 0 Å². The van der Waals surface area contributed by atoms with Crippen LogP contribution in [0.2, 0.25) is 0 Å². The largest absolute Gasteiger partial charge is 0.444 e. The first-order valence-electron chi connectivity index (χ1n) is 11.3. The number of ether oxygens (including phenoxy) is 1. The zero-order valence-corrected chi connectivity index (χ0v) is 20.5.